The van der Waals surface area contributed by atoms with E-state index < -0.39 is 0 Å². The molecule has 0 bridgehead atoms. The molecule has 0 radical (unpaired) electrons. The SMILES string of the molecule is COCCNc1ccccc1C(=N)N. The molecule has 0 amide bonds. The fraction of sp³-hybridized carbons (Fsp3) is 0.300. The molecule has 1 rings (SSSR count). The van der Waals surface area contributed by atoms with Gasteiger partial charge in [-0.25, -0.2) is 0 Å². The van der Waals surface area contributed by atoms with Crippen molar-refractivity contribution < 1.29 is 4.74 Å². The van der Waals surface area contributed by atoms with Crippen LogP contribution in [0, 0.1) is 5.41 Å². The number of ether oxygens (including phenoxy) is 1. The van der Waals surface area contributed by atoms with Crippen molar-refractivity contribution in [3.8, 4) is 0 Å². The van der Waals surface area contributed by atoms with Crippen LogP contribution in [0.3, 0.4) is 0 Å². The van der Waals surface area contributed by atoms with Crippen LogP contribution >= 0.6 is 0 Å². The Balaban J connectivity index is 2.69. The van der Waals surface area contributed by atoms with Gasteiger partial charge in [0.1, 0.15) is 5.84 Å². The Kier molecular flexibility index (Phi) is 3.94. The number of hydrogen-bond donors (Lipinski definition) is 3. The summed E-state index contributed by atoms with van der Waals surface area (Å²) in [7, 11) is 1.65. The number of para-hydroxylation sites is 1. The molecule has 14 heavy (non-hydrogen) atoms. The van der Waals surface area contributed by atoms with Crippen LogP contribution in [0.25, 0.3) is 0 Å². The lowest BCUT2D eigenvalue weighted by Crippen LogP contribution is -2.16. The second-order valence-electron chi connectivity index (χ2n) is 2.88. The highest BCUT2D eigenvalue weighted by Crippen LogP contribution is 2.13. The molecule has 0 fully saturated rings. The molecule has 1 aromatic carbocycles. The first kappa shape index (κ1) is 10.5. The van der Waals surface area contributed by atoms with E-state index in [1.807, 2.05) is 24.3 Å². The quantitative estimate of drug-likeness (QED) is 0.371. The summed E-state index contributed by atoms with van der Waals surface area (Å²) in [5.74, 6) is 0.0746. The van der Waals surface area contributed by atoms with Crippen LogP contribution in [0.1, 0.15) is 5.56 Å². The van der Waals surface area contributed by atoms with Gasteiger partial charge in [-0.1, -0.05) is 12.1 Å². The topological polar surface area (TPSA) is 71.1 Å². The van der Waals surface area contributed by atoms with E-state index in [2.05, 4.69) is 5.32 Å². The fourth-order valence-electron chi connectivity index (χ4n) is 1.16. The van der Waals surface area contributed by atoms with Crippen LogP contribution in [0.15, 0.2) is 24.3 Å². The molecule has 1 aromatic rings. The summed E-state index contributed by atoms with van der Waals surface area (Å²) in [6.45, 7) is 1.34. The van der Waals surface area contributed by atoms with Crippen molar-refractivity contribution in [1.29, 1.82) is 5.41 Å². The van der Waals surface area contributed by atoms with E-state index in [1.165, 1.54) is 0 Å². The Labute approximate surface area is 83.6 Å². The summed E-state index contributed by atoms with van der Waals surface area (Å²) in [5, 5.41) is 10.5. The van der Waals surface area contributed by atoms with E-state index in [4.69, 9.17) is 15.9 Å². The second-order valence-corrected chi connectivity index (χ2v) is 2.88. The standard InChI is InChI=1S/C10H15N3O/c1-14-7-6-13-9-5-3-2-4-8(9)10(11)12/h2-5,13H,6-7H2,1H3,(H3,11,12). The van der Waals surface area contributed by atoms with Gasteiger partial charge in [0.25, 0.3) is 0 Å². The van der Waals surface area contributed by atoms with Gasteiger partial charge < -0.3 is 15.8 Å². The summed E-state index contributed by atoms with van der Waals surface area (Å²) in [6, 6.07) is 7.48. The maximum Gasteiger partial charge on any atom is 0.124 e. The smallest absolute Gasteiger partial charge is 0.124 e. The third-order valence-electron chi connectivity index (χ3n) is 1.84. The van der Waals surface area contributed by atoms with Crippen LogP contribution in [-0.4, -0.2) is 26.1 Å². The molecule has 0 aliphatic heterocycles. The van der Waals surface area contributed by atoms with Gasteiger partial charge in [0, 0.05) is 24.9 Å². The minimum atomic E-state index is 0.0746. The van der Waals surface area contributed by atoms with Gasteiger partial charge >= 0.3 is 0 Å². The van der Waals surface area contributed by atoms with Crippen LogP contribution in [0.2, 0.25) is 0 Å². The summed E-state index contributed by atoms with van der Waals surface area (Å²) in [4.78, 5) is 0. The molecular formula is C10H15N3O. The van der Waals surface area contributed by atoms with Crippen molar-refractivity contribution >= 4 is 11.5 Å². The lowest BCUT2D eigenvalue weighted by Gasteiger charge is -2.09. The van der Waals surface area contributed by atoms with Gasteiger partial charge in [0.15, 0.2) is 0 Å². The van der Waals surface area contributed by atoms with E-state index in [1.54, 1.807) is 7.11 Å². The van der Waals surface area contributed by atoms with Crippen molar-refractivity contribution in [2.24, 2.45) is 5.73 Å². The number of hydrogen-bond acceptors (Lipinski definition) is 3. The van der Waals surface area contributed by atoms with Crippen LogP contribution in [0.5, 0.6) is 0 Å². The number of anilines is 1. The van der Waals surface area contributed by atoms with Crippen LogP contribution in [0.4, 0.5) is 5.69 Å². The Hall–Kier alpha value is -1.55. The summed E-state index contributed by atoms with van der Waals surface area (Å²) in [5.41, 5.74) is 7.03. The average molecular weight is 193 g/mol. The number of methoxy groups -OCH3 is 1. The lowest BCUT2D eigenvalue weighted by atomic mass is 10.1. The molecule has 4 nitrogen and oxygen atoms in total. The molecule has 4 N–H and O–H groups in total. The predicted molar refractivity (Wildman–Crippen MR) is 57.8 cm³/mol. The van der Waals surface area contributed by atoms with Gasteiger partial charge in [-0.15, -0.1) is 0 Å². The van der Waals surface area contributed by atoms with Gasteiger partial charge in [0.05, 0.1) is 6.61 Å². The molecule has 0 spiro atoms. The van der Waals surface area contributed by atoms with Crippen LogP contribution < -0.4 is 11.1 Å². The summed E-state index contributed by atoms with van der Waals surface area (Å²) >= 11 is 0. The first-order chi connectivity index (χ1) is 6.75. The Morgan fingerprint density at radius 1 is 1.50 bits per heavy atom. The van der Waals surface area contributed by atoms with Crippen molar-refractivity contribution in [2.45, 2.75) is 0 Å². The number of amidine groups is 1. The Morgan fingerprint density at radius 3 is 2.86 bits per heavy atom. The zero-order valence-corrected chi connectivity index (χ0v) is 8.21. The Morgan fingerprint density at radius 2 is 2.21 bits per heavy atom. The van der Waals surface area contributed by atoms with E-state index in [9.17, 15) is 0 Å². The number of rotatable bonds is 5. The van der Waals surface area contributed by atoms with Gasteiger partial charge in [-0.05, 0) is 12.1 Å². The molecule has 76 valence electrons. The molecule has 0 unspecified atom stereocenters. The third kappa shape index (κ3) is 2.74. The highest BCUT2D eigenvalue weighted by atomic mass is 16.5. The lowest BCUT2D eigenvalue weighted by molar-refractivity contribution is 0.211. The first-order valence-electron chi connectivity index (χ1n) is 4.42. The summed E-state index contributed by atoms with van der Waals surface area (Å²) < 4.78 is 4.92. The second kappa shape index (κ2) is 5.24. The maximum absolute atomic E-state index is 7.36. The zero-order valence-electron chi connectivity index (χ0n) is 8.21. The van der Waals surface area contributed by atoms with Gasteiger partial charge in [-0.2, -0.15) is 0 Å². The highest BCUT2D eigenvalue weighted by molar-refractivity contribution is 6.00. The molecule has 0 aliphatic rings. The molecule has 4 heteroatoms. The number of nitrogen functional groups attached to an aromatic ring is 1. The summed E-state index contributed by atoms with van der Waals surface area (Å²) in [6.07, 6.45) is 0. The molecule has 0 aromatic heterocycles. The zero-order chi connectivity index (χ0) is 10.4. The van der Waals surface area contributed by atoms with Crippen LogP contribution in [-0.2, 0) is 4.74 Å². The maximum atomic E-state index is 7.36. The van der Waals surface area contributed by atoms with Crippen molar-refractivity contribution in [2.75, 3.05) is 25.6 Å². The number of nitrogens with two attached hydrogens (primary N) is 1. The number of nitrogens with one attached hydrogen (secondary N) is 2. The average Bonchev–Trinajstić information content (AvgIpc) is 2.19. The normalized spacial score (nSPS) is 9.79. The van der Waals surface area contributed by atoms with Crippen molar-refractivity contribution in [3.63, 3.8) is 0 Å². The van der Waals surface area contributed by atoms with Crippen molar-refractivity contribution in [1.82, 2.24) is 0 Å². The third-order valence-corrected chi connectivity index (χ3v) is 1.84. The minimum absolute atomic E-state index is 0.0746. The monoisotopic (exact) mass is 193 g/mol. The predicted octanol–water partition coefficient (Wildman–Crippen LogP) is 1.03. The van der Waals surface area contributed by atoms with Gasteiger partial charge in [-0.3, -0.25) is 5.41 Å². The minimum Gasteiger partial charge on any atom is -0.384 e. The molecule has 0 heterocycles. The van der Waals surface area contributed by atoms with E-state index >= 15 is 0 Å². The molecule has 0 atom stereocenters. The van der Waals surface area contributed by atoms with Gasteiger partial charge in [0.2, 0.25) is 0 Å². The van der Waals surface area contributed by atoms with Crippen molar-refractivity contribution in [3.05, 3.63) is 29.8 Å². The number of benzene rings is 1. The first-order valence-corrected chi connectivity index (χ1v) is 4.42. The molecule has 0 aliphatic carbocycles. The fourth-order valence-corrected chi connectivity index (χ4v) is 1.16. The molecule has 0 saturated carbocycles. The van der Waals surface area contributed by atoms with E-state index in [0.29, 0.717) is 13.2 Å². The molecule has 0 saturated heterocycles. The largest absolute Gasteiger partial charge is 0.384 e. The molecular weight excluding hydrogens is 178 g/mol. The highest BCUT2D eigenvalue weighted by Gasteiger charge is 2.02. The Bertz CT molecular complexity index is 312. The van der Waals surface area contributed by atoms with E-state index in [-0.39, 0.29) is 5.84 Å². The van der Waals surface area contributed by atoms with E-state index in [0.717, 1.165) is 11.3 Å².